The van der Waals surface area contributed by atoms with E-state index in [4.69, 9.17) is 5.10 Å². The summed E-state index contributed by atoms with van der Waals surface area (Å²) in [6.45, 7) is 1.99. The van der Waals surface area contributed by atoms with E-state index in [-0.39, 0.29) is 17.3 Å². The Morgan fingerprint density at radius 3 is 2.48 bits per heavy atom. The molecule has 42 heavy (non-hydrogen) atoms. The molecule has 2 aliphatic carbocycles. The number of nitrogens with one attached hydrogen (secondary N) is 1. The van der Waals surface area contributed by atoms with Crippen molar-refractivity contribution < 1.29 is 21.6 Å². The van der Waals surface area contributed by atoms with Gasteiger partial charge in [0.05, 0.1) is 11.7 Å². The fourth-order valence-electron chi connectivity index (χ4n) is 5.69. The molecule has 220 valence electrons. The molecule has 1 N–H and O–H groups in total. The number of piperidine rings is 1. The quantitative estimate of drug-likeness (QED) is 0.313. The van der Waals surface area contributed by atoms with Gasteiger partial charge in [-0.1, -0.05) is 36.4 Å². The van der Waals surface area contributed by atoms with Crippen molar-refractivity contribution in [2.45, 2.75) is 61.9 Å². The van der Waals surface area contributed by atoms with Crippen LogP contribution in [0.1, 0.15) is 56.6 Å². The van der Waals surface area contributed by atoms with E-state index in [1.165, 1.54) is 25.0 Å². The lowest BCUT2D eigenvalue weighted by Crippen LogP contribution is -2.36. The van der Waals surface area contributed by atoms with Crippen LogP contribution in [0.2, 0.25) is 0 Å². The SMILES string of the molecule is O=S(=O)(Nc1cccc(-c2nn(C3CCN(C4CC4)CC3)cc2C2=C/C=C\CCC/C=C\2)c1F)c1cc(F)ccc1F. The minimum absolute atomic E-state index is 0.109. The Balaban J connectivity index is 1.39. The second kappa shape index (κ2) is 11.9. The fourth-order valence-corrected chi connectivity index (χ4v) is 6.84. The summed E-state index contributed by atoms with van der Waals surface area (Å²) < 4.78 is 74.1. The highest BCUT2D eigenvalue weighted by Crippen LogP contribution is 2.37. The molecule has 2 aromatic carbocycles. The zero-order valence-corrected chi connectivity index (χ0v) is 24.0. The van der Waals surface area contributed by atoms with Gasteiger partial charge in [0.1, 0.15) is 22.2 Å². The third kappa shape index (κ3) is 6.10. The van der Waals surface area contributed by atoms with Gasteiger partial charge in [0.15, 0.2) is 5.82 Å². The third-order valence-electron chi connectivity index (χ3n) is 8.11. The molecule has 2 fully saturated rings. The first-order valence-electron chi connectivity index (χ1n) is 14.4. The van der Waals surface area contributed by atoms with E-state index in [0.29, 0.717) is 17.8 Å². The Kier molecular flexibility index (Phi) is 8.09. The number of aromatic nitrogens is 2. The molecule has 0 radical (unpaired) electrons. The van der Waals surface area contributed by atoms with E-state index in [2.05, 4.69) is 21.8 Å². The van der Waals surface area contributed by atoms with E-state index in [1.54, 1.807) is 6.07 Å². The van der Waals surface area contributed by atoms with E-state index in [0.717, 1.165) is 68.5 Å². The summed E-state index contributed by atoms with van der Waals surface area (Å²) in [7, 11) is -4.62. The van der Waals surface area contributed by atoms with Crippen LogP contribution in [0.3, 0.4) is 0 Å². The normalized spacial score (nSPS) is 21.5. The van der Waals surface area contributed by atoms with Crippen molar-refractivity contribution in [1.29, 1.82) is 0 Å². The van der Waals surface area contributed by atoms with Crippen molar-refractivity contribution in [1.82, 2.24) is 14.7 Å². The maximum Gasteiger partial charge on any atom is 0.265 e. The highest BCUT2D eigenvalue weighted by Gasteiger charge is 2.33. The average molecular weight is 595 g/mol. The van der Waals surface area contributed by atoms with Gasteiger partial charge >= 0.3 is 0 Å². The number of likely N-dealkylation sites (tertiary alicyclic amines) is 1. The second-order valence-corrected chi connectivity index (χ2v) is 12.8. The van der Waals surface area contributed by atoms with Gasteiger partial charge in [-0.2, -0.15) is 5.10 Å². The first-order valence-corrected chi connectivity index (χ1v) is 15.9. The van der Waals surface area contributed by atoms with Gasteiger partial charge in [-0.3, -0.25) is 9.40 Å². The van der Waals surface area contributed by atoms with Crippen LogP contribution in [0.5, 0.6) is 0 Å². The first kappa shape index (κ1) is 28.5. The number of anilines is 1. The lowest BCUT2D eigenvalue weighted by molar-refractivity contribution is 0.172. The van der Waals surface area contributed by atoms with Crippen molar-refractivity contribution in [3.8, 4) is 11.3 Å². The summed E-state index contributed by atoms with van der Waals surface area (Å²) in [5.41, 5.74) is 1.72. The van der Waals surface area contributed by atoms with Crippen molar-refractivity contribution >= 4 is 21.3 Å². The third-order valence-corrected chi connectivity index (χ3v) is 9.49. The number of hydrogen-bond acceptors (Lipinski definition) is 4. The monoisotopic (exact) mass is 594 g/mol. The van der Waals surface area contributed by atoms with Crippen molar-refractivity contribution in [2.24, 2.45) is 0 Å². The molecule has 0 atom stereocenters. The number of sulfonamides is 1. The van der Waals surface area contributed by atoms with Gasteiger partial charge in [-0.15, -0.1) is 0 Å². The summed E-state index contributed by atoms with van der Waals surface area (Å²) in [6.07, 6.45) is 19.5. The smallest absolute Gasteiger partial charge is 0.265 e. The van der Waals surface area contributed by atoms with Gasteiger partial charge in [-0.25, -0.2) is 21.6 Å². The maximum absolute atomic E-state index is 16.1. The summed E-state index contributed by atoms with van der Waals surface area (Å²) in [5, 5.41) is 4.90. The zero-order chi connectivity index (χ0) is 29.3. The molecule has 1 aliphatic heterocycles. The van der Waals surface area contributed by atoms with Crippen LogP contribution in [0.25, 0.3) is 16.8 Å². The predicted octanol–water partition coefficient (Wildman–Crippen LogP) is 7.25. The number of benzene rings is 2. The molecule has 0 spiro atoms. The van der Waals surface area contributed by atoms with Crippen LogP contribution < -0.4 is 4.72 Å². The van der Waals surface area contributed by atoms with Crippen LogP contribution in [0, 0.1) is 17.5 Å². The maximum atomic E-state index is 16.1. The van der Waals surface area contributed by atoms with Gasteiger partial charge in [-0.05, 0) is 80.9 Å². The molecule has 3 aliphatic rings. The Labute approximate surface area is 244 Å². The van der Waals surface area contributed by atoms with E-state index in [9.17, 15) is 17.2 Å². The number of hydrogen-bond donors (Lipinski definition) is 1. The highest BCUT2D eigenvalue weighted by atomic mass is 32.2. The van der Waals surface area contributed by atoms with Crippen LogP contribution in [-0.4, -0.2) is 42.2 Å². The summed E-state index contributed by atoms with van der Waals surface area (Å²) in [5.74, 6) is -2.91. The molecule has 6 nitrogen and oxygen atoms in total. The summed E-state index contributed by atoms with van der Waals surface area (Å²) >= 11 is 0. The topological polar surface area (TPSA) is 67.2 Å². The molecule has 3 aromatic rings. The average Bonchev–Trinajstić information content (AvgIpc) is 3.71. The lowest BCUT2D eigenvalue weighted by Gasteiger charge is -2.32. The molecule has 0 bridgehead atoms. The Bertz CT molecular complexity index is 1670. The minimum Gasteiger partial charge on any atom is -0.300 e. The van der Waals surface area contributed by atoms with Crippen molar-refractivity contribution in [3.05, 3.63) is 96.0 Å². The molecular formula is C32H33F3N4O2S. The lowest BCUT2D eigenvalue weighted by atomic mass is 10.00. The Morgan fingerprint density at radius 1 is 0.905 bits per heavy atom. The summed E-state index contributed by atoms with van der Waals surface area (Å²) in [4.78, 5) is 1.63. The molecule has 1 aromatic heterocycles. The number of halogens is 3. The van der Waals surface area contributed by atoms with Crippen molar-refractivity contribution in [2.75, 3.05) is 17.8 Å². The largest absolute Gasteiger partial charge is 0.300 e. The van der Waals surface area contributed by atoms with Crippen LogP contribution in [0.15, 0.2) is 77.9 Å². The van der Waals surface area contributed by atoms with Gasteiger partial charge in [0, 0.05) is 36.5 Å². The number of allylic oxidation sites excluding steroid dienone is 6. The molecule has 2 heterocycles. The van der Waals surface area contributed by atoms with E-state index < -0.39 is 32.4 Å². The standard InChI is InChI=1S/C32H33F3N4O2S/c33-23-12-15-28(34)30(20-23)42(40,41)37-29-11-7-10-26(31(29)35)32-27(22-8-5-3-1-2-4-6-9-22)21-39(36-32)25-16-18-38(19-17-25)24-13-14-24/h3,5-12,15,20-21,24-25,37H,1-2,4,13-14,16-19H2/b5-3-,9-6-,22-8+. The number of rotatable bonds is 7. The van der Waals surface area contributed by atoms with Crippen LogP contribution in [-0.2, 0) is 10.0 Å². The van der Waals surface area contributed by atoms with Crippen molar-refractivity contribution in [3.63, 3.8) is 0 Å². The predicted molar refractivity (Wildman–Crippen MR) is 158 cm³/mol. The molecule has 1 saturated carbocycles. The number of nitrogens with zero attached hydrogens (tertiary/aromatic N) is 3. The zero-order valence-electron chi connectivity index (χ0n) is 23.1. The molecule has 0 amide bonds. The molecule has 6 rings (SSSR count). The van der Waals surface area contributed by atoms with Gasteiger partial charge < -0.3 is 4.90 Å². The van der Waals surface area contributed by atoms with Gasteiger partial charge in [0.2, 0.25) is 0 Å². The summed E-state index contributed by atoms with van der Waals surface area (Å²) in [6, 6.07) is 7.29. The van der Waals surface area contributed by atoms with E-state index >= 15 is 4.39 Å². The van der Waals surface area contributed by atoms with E-state index in [1.807, 2.05) is 29.1 Å². The molecule has 1 saturated heterocycles. The Hall–Kier alpha value is -3.63. The van der Waals surface area contributed by atoms with Gasteiger partial charge in [0.25, 0.3) is 10.0 Å². The molecule has 0 unspecified atom stereocenters. The second-order valence-electron chi connectivity index (χ2n) is 11.1. The Morgan fingerprint density at radius 2 is 1.69 bits per heavy atom. The first-order chi connectivity index (χ1) is 20.3. The molecular weight excluding hydrogens is 561 g/mol. The minimum atomic E-state index is -4.62. The highest BCUT2D eigenvalue weighted by molar-refractivity contribution is 7.92. The fraction of sp³-hybridized carbons (Fsp3) is 0.344. The molecule has 10 heteroatoms. The van der Waals surface area contributed by atoms with Crippen LogP contribution in [0.4, 0.5) is 18.9 Å². The van der Waals surface area contributed by atoms with Crippen LogP contribution >= 0.6 is 0 Å².